The van der Waals surface area contributed by atoms with E-state index in [-0.39, 0.29) is 11.7 Å². The van der Waals surface area contributed by atoms with E-state index in [1.165, 1.54) is 12.1 Å². The van der Waals surface area contributed by atoms with Crippen LogP contribution in [0.25, 0.3) is 0 Å². The Bertz CT molecular complexity index is 338. The van der Waals surface area contributed by atoms with E-state index in [1.54, 1.807) is 12.1 Å². The van der Waals surface area contributed by atoms with Crippen LogP contribution in [0, 0.1) is 0 Å². The van der Waals surface area contributed by atoms with E-state index in [0.29, 0.717) is 18.5 Å². The molecule has 2 N–H and O–H groups in total. The Morgan fingerprint density at radius 3 is 2.50 bits per heavy atom. The number of benzene rings is 1. The first-order chi connectivity index (χ1) is 7.44. The van der Waals surface area contributed by atoms with Crippen molar-refractivity contribution in [1.29, 1.82) is 0 Å². The number of alkyl halides is 3. The van der Waals surface area contributed by atoms with Crippen LogP contribution in [0.5, 0.6) is 5.75 Å². The summed E-state index contributed by atoms with van der Waals surface area (Å²) < 4.78 is 40.3. The highest BCUT2D eigenvalue weighted by atomic mass is 19.4. The first-order valence-corrected chi connectivity index (χ1v) is 4.99. The molecule has 0 fully saturated rings. The van der Waals surface area contributed by atoms with Crippen molar-refractivity contribution in [1.82, 2.24) is 0 Å². The summed E-state index contributed by atoms with van der Waals surface area (Å²) >= 11 is 0. The summed E-state index contributed by atoms with van der Waals surface area (Å²) in [7, 11) is 0. The largest absolute Gasteiger partial charge is 0.573 e. The Morgan fingerprint density at radius 1 is 1.31 bits per heavy atom. The third-order valence-corrected chi connectivity index (χ3v) is 2.28. The molecule has 5 heteroatoms. The molecule has 1 aromatic carbocycles. The van der Waals surface area contributed by atoms with Gasteiger partial charge in [-0.3, -0.25) is 0 Å². The highest BCUT2D eigenvalue weighted by molar-refractivity contribution is 5.36. The van der Waals surface area contributed by atoms with E-state index in [2.05, 4.69) is 4.74 Å². The van der Waals surface area contributed by atoms with Crippen molar-refractivity contribution >= 4 is 0 Å². The molecule has 0 bridgehead atoms. The minimum atomic E-state index is -4.65. The zero-order valence-corrected chi connectivity index (χ0v) is 8.92. The lowest BCUT2D eigenvalue weighted by molar-refractivity contribution is -0.274. The molecule has 90 valence electrons. The maximum Gasteiger partial charge on any atom is 0.573 e. The third kappa shape index (κ3) is 3.73. The Morgan fingerprint density at radius 2 is 1.94 bits per heavy atom. The summed E-state index contributed by atoms with van der Waals surface area (Å²) in [6, 6.07) is 6.14. The van der Waals surface area contributed by atoms with Crippen LogP contribution in [-0.4, -0.2) is 12.9 Å². The molecule has 0 amide bonds. The molecule has 0 aliphatic carbocycles. The maximum absolute atomic E-state index is 12.1. The van der Waals surface area contributed by atoms with Gasteiger partial charge >= 0.3 is 6.36 Å². The van der Waals surface area contributed by atoms with Gasteiger partial charge in [0.15, 0.2) is 0 Å². The van der Waals surface area contributed by atoms with E-state index in [9.17, 15) is 13.2 Å². The summed E-state index contributed by atoms with van der Waals surface area (Å²) in [5, 5.41) is 0. The fourth-order valence-corrected chi connectivity index (χ4v) is 1.51. The average molecular weight is 233 g/mol. The molecule has 0 aliphatic rings. The van der Waals surface area contributed by atoms with Crippen molar-refractivity contribution in [2.75, 3.05) is 6.54 Å². The molecule has 1 unspecified atom stereocenters. The lowest BCUT2D eigenvalue weighted by atomic mass is 9.97. The summed E-state index contributed by atoms with van der Waals surface area (Å²) in [5.41, 5.74) is 5.91. The second-order valence-corrected chi connectivity index (χ2v) is 3.56. The number of hydrogen-bond donors (Lipinski definition) is 1. The zero-order valence-electron chi connectivity index (χ0n) is 8.92. The lowest BCUT2D eigenvalue weighted by Crippen LogP contribution is -2.18. The fraction of sp³-hybridized carbons (Fsp3) is 0.455. The number of rotatable bonds is 4. The van der Waals surface area contributed by atoms with Crippen molar-refractivity contribution in [3.63, 3.8) is 0 Å². The van der Waals surface area contributed by atoms with Gasteiger partial charge in [0.05, 0.1) is 0 Å². The van der Waals surface area contributed by atoms with Gasteiger partial charge in [0.25, 0.3) is 0 Å². The van der Waals surface area contributed by atoms with E-state index >= 15 is 0 Å². The molecule has 16 heavy (non-hydrogen) atoms. The van der Waals surface area contributed by atoms with Crippen LogP contribution in [0.3, 0.4) is 0 Å². The van der Waals surface area contributed by atoms with E-state index in [4.69, 9.17) is 5.73 Å². The van der Waals surface area contributed by atoms with Gasteiger partial charge in [-0.2, -0.15) is 0 Å². The maximum atomic E-state index is 12.1. The standard InChI is InChI=1S/C11H14F3NO/c1-8(6-7-15)9-4-2-3-5-10(9)16-11(12,13)14/h2-5,8H,6-7,15H2,1H3. The van der Waals surface area contributed by atoms with Crippen molar-refractivity contribution in [3.05, 3.63) is 29.8 Å². The molecule has 0 saturated heterocycles. The summed E-state index contributed by atoms with van der Waals surface area (Å²) in [6.45, 7) is 2.26. The highest BCUT2D eigenvalue weighted by Gasteiger charge is 2.32. The first kappa shape index (κ1) is 12.8. The van der Waals surface area contributed by atoms with E-state index < -0.39 is 6.36 Å². The van der Waals surface area contributed by atoms with Crippen molar-refractivity contribution < 1.29 is 17.9 Å². The summed E-state index contributed by atoms with van der Waals surface area (Å²) in [4.78, 5) is 0. The minimum Gasteiger partial charge on any atom is -0.405 e. The number of para-hydroxylation sites is 1. The van der Waals surface area contributed by atoms with Gasteiger partial charge in [0, 0.05) is 0 Å². The number of nitrogens with two attached hydrogens (primary N) is 1. The van der Waals surface area contributed by atoms with Gasteiger partial charge in [-0.05, 0) is 30.5 Å². The Balaban J connectivity index is 2.91. The predicted molar refractivity (Wildman–Crippen MR) is 55.2 cm³/mol. The molecule has 1 atom stereocenters. The van der Waals surface area contributed by atoms with Gasteiger partial charge in [-0.25, -0.2) is 0 Å². The lowest BCUT2D eigenvalue weighted by Gasteiger charge is -2.17. The monoisotopic (exact) mass is 233 g/mol. The minimum absolute atomic E-state index is 0.0523. The molecular formula is C11H14F3NO. The quantitative estimate of drug-likeness (QED) is 0.867. The summed E-state index contributed by atoms with van der Waals surface area (Å²) in [5.74, 6) is -0.195. The molecule has 0 spiro atoms. The number of ether oxygens (including phenoxy) is 1. The van der Waals surface area contributed by atoms with E-state index in [1.807, 2.05) is 6.92 Å². The van der Waals surface area contributed by atoms with Crippen LogP contribution in [0.1, 0.15) is 24.8 Å². The topological polar surface area (TPSA) is 35.2 Å². The van der Waals surface area contributed by atoms with Crippen LogP contribution >= 0.6 is 0 Å². The predicted octanol–water partition coefficient (Wildman–Crippen LogP) is 3.04. The van der Waals surface area contributed by atoms with Crippen LogP contribution in [0.4, 0.5) is 13.2 Å². The second kappa shape index (κ2) is 5.21. The molecule has 1 aromatic rings. The molecule has 0 aliphatic heterocycles. The first-order valence-electron chi connectivity index (χ1n) is 4.99. The van der Waals surface area contributed by atoms with Gasteiger partial charge < -0.3 is 10.5 Å². The van der Waals surface area contributed by atoms with Gasteiger partial charge in [-0.1, -0.05) is 25.1 Å². The Labute approximate surface area is 92.2 Å². The Kier molecular flexibility index (Phi) is 4.18. The molecular weight excluding hydrogens is 219 g/mol. The highest BCUT2D eigenvalue weighted by Crippen LogP contribution is 2.32. The molecule has 0 saturated carbocycles. The SMILES string of the molecule is CC(CCN)c1ccccc1OC(F)(F)F. The van der Waals surface area contributed by atoms with Crippen molar-refractivity contribution in [3.8, 4) is 5.75 Å². The molecule has 0 radical (unpaired) electrons. The zero-order chi connectivity index (χ0) is 12.2. The van der Waals surface area contributed by atoms with Gasteiger partial charge in [-0.15, -0.1) is 13.2 Å². The van der Waals surface area contributed by atoms with Crippen LogP contribution < -0.4 is 10.5 Å². The normalized spacial score (nSPS) is 13.6. The number of halogens is 3. The van der Waals surface area contributed by atoms with Crippen LogP contribution in [0.15, 0.2) is 24.3 Å². The molecule has 2 nitrogen and oxygen atoms in total. The smallest absolute Gasteiger partial charge is 0.405 e. The van der Waals surface area contributed by atoms with Crippen molar-refractivity contribution in [2.24, 2.45) is 5.73 Å². The van der Waals surface area contributed by atoms with Crippen LogP contribution in [-0.2, 0) is 0 Å². The van der Waals surface area contributed by atoms with Gasteiger partial charge in [0.2, 0.25) is 0 Å². The number of hydrogen-bond acceptors (Lipinski definition) is 2. The average Bonchev–Trinajstić information content (AvgIpc) is 2.16. The Hall–Kier alpha value is -1.23. The van der Waals surface area contributed by atoms with E-state index in [0.717, 1.165) is 0 Å². The van der Waals surface area contributed by atoms with Crippen LogP contribution in [0.2, 0.25) is 0 Å². The third-order valence-electron chi connectivity index (χ3n) is 2.28. The second-order valence-electron chi connectivity index (χ2n) is 3.56. The van der Waals surface area contributed by atoms with Crippen molar-refractivity contribution in [2.45, 2.75) is 25.6 Å². The fourth-order valence-electron chi connectivity index (χ4n) is 1.51. The molecule has 0 heterocycles. The summed E-state index contributed by atoms with van der Waals surface area (Å²) in [6.07, 6.45) is -4.03. The van der Waals surface area contributed by atoms with Gasteiger partial charge in [0.1, 0.15) is 5.75 Å². The molecule has 0 aromatic heterocycles. The molecule has 1 rings (SSSR count).